The quantitative estimate of drug-likeness (QED) is 0.807. The Morgan fingerprint density at radius 3 is 2.53 bits per heavy atom. The molecule has 2 rings (SSSR count). The molecule has 1 aromatic carbocycles. The van der Waals surface area contributed by atoms with E-state index in [0.717, 1.165) is 0 Å². The average Bonchev–Trinajstić information content (AvgIpc) is 2.80. The summed E-state index contributed by atoms with van der Waals surface area (Å²) >= 11 is 0. The first kappa shape index (κ1) is 11.4. The molecule has 0 radical (unpaired) electrons. The molecular weight excluding hydrogens is 223 g/mol. The molecule has 0 aliphatic carbocycles. The van der Waals surface area contributed by atoms with Gasteiger partial charge >= 0.3 is 0 Å². The molecule has 0 aliphatic heterocycles. The van der Waals surface area contributed by atoms with E-state index in [1.165, 1.54) is 18.4 Å². The van der Waals surface area contributed by atoms with Crippen molar-refractivity contribution >= 4 is 5.97 Å². The summed E-state index contributed by atoms with van der Waals surface area (Å²) in [5.74, 6) is -1.45. The molecule has 0 amide bonds. The van der Waals surface area contributed by atoms with Gasteiger partial charge in [-0.1, -0.05) is 12.1 Å². The fourth-order valence-corrected chi connectivity index (χ4v) is 1.73. The maximum absolute atomic E-state index is 12.8. The van der Waals surface area contributed by atoms with Gasteiger partial charge in [-0.2, -0.15) is 0 Å². The summed E-state index contributed by atoms with van der Waals surface area (Å²) in [6.07, 6.45) is 1.28. The lowest BCUT2D eigenvalue weighted by Gasteiger charge is -2.15. The Labute approximate surface area is 97.5 Å². The van der Waals surface area contributed by atoms with Gasteiger partial charge in [-0.3, -0.25) is 0 Å². The molecule has 0 saturated heterocycles. The Morgan fingerprint density at radius 2 is 2.00 bits per heavy atom. The molecule has 0 saturated carbocycles. The van der Waals surface area contributed by atoms with Gasteiger partial charge in [0.05, 0.1) is 6.26 Å². The van der Waals surface area contributed by atoms with E-state index in [-0.39, 0.29) is 12.2 Å². The van der Waals surface area contributed by atoms with Gasteiger partial charge in [-0.25, -0.2) is 4.39 Å². The van der Waals surface area contributed by atoms with Gasteiger partial charge in [0, 0.05) is 18.3 Å². The van der Waals surface area contributed by atoms with Crippen LogP contribution in [0.3, 0.4) is 0 Å². The lowest BCUT2D eigenvalue weighted by atomic mass is 9.93. The molecule has 88 valence electrons. The van der Waals surface area contributed by atoms with Gasteiger partial charge in [0.1, 0.15) is 11.6 Å². The van der Waals surface area contributed by atoms with Gasteiger partial charge < -0.3 is 14.3 Å². The molecule has 17 heavy (non-hydrogen) atoms. The second kappa shape index (κ2) is 4.82. The number of carboxylic acid groups (broad SMARTS) is 1. The SMILES string of the molecule is O=C([O-])CC(c1ccc(F)cc1)c1ccco1. The van der Waals surface area contributed by atoms with Crippen LogP contribution in [0.1, 0.15) is 23.7 Å². The van der Waals surface area contributed by atoms with E-state index >= 15 is 0 Å². The number of aliphatic carboxylic acids is 1. The number of hydrogen-bond acceptors (Lipinski definition) is 3. The van der Waals surface area contributed by atoms with E-state index in [0.29, 0.717) is 11.3 Å². The number of rotatable bonds is 4. The van der Waals surface area contributed by atoms with Crippen molar-refractivity contribution in [3.05, 3.63) is 59.8 Å². The number of carboxylic acids is 1. The highest BCUT2D eigenvalue weighted by atomic mass is 19.1. The fourth-order valence-electron chi connectivity index (χ4n) is 1.73. The van der Waals surface area contributed by atoms with Gasteiger partial charge in [0.2, 0.25) is 0 Å². The third-order valence-corrected chi connectivity index (χ3v) is 2.53. The highest BCUT2D eigenvalue weighted by Crippen LogP contribution is 2.28. The molecule has 3 nitrogen and oxygen atoms in total. The molecule has 4 heteroatoms. The summed E-state index contributed by atoms with van der Waals surface area (Å²) in [6, 6.07) is 9.05. The summed E-state index contributed by atoms with van der Waals surface area (Å²) in [5, 5.41) is 10.7. The van der Waals surface area contributed by atoms with Crippen LogP contribution >= 0.6 is 0 Å². The van der Waals surface area contributed by atoms with Crippen LogP contribution in [-0.2, 0) is 4.79 Å². The molecular formula is C13H10FO3-. The minimum absolute atomic E-state index is 0.195. The standard InChI is InChI=1S/C13H11FO3/c14-10-5-3-9(4-6-10)11(8-13(15)16)12-2-1-7-17-12/h1-7,11H,8H2,(H,15,16)/p-1. The minimum atomic E-state index is -1.17. The second-order valence-electron chi connectivity index (χ2n) is 3.70. The Kier molecular flexibility index (Phi) is 3.23. The smallest absolute Gasteiger partial charge is 0.123 e. The Morgan fingerprint density at radius 1 is 1.29 bits per heavy atom. The molecule has 0 aliphatic rings. The first-order chi connectivity index (χ1) is 8.16. The minimum Gasteiger partial charge on any atom is -0.550 e. The topological polar surface area (TPSA) is 53.3 Å². The first-order valence-corrected chi connectivity index (χ1v) is 5.15. The van der Waals surface area contributed by atoms with Crippen molar-refractivity contribution in [2.45, 2.75) is 12.3 Å². The van der Waals surface area contributed by atoms with Crippen LogP contribution in [0.5, 0.6) is 0 Å². The van der Waals surface area contributed by atoms with E-state index in [4.69, 9.17) is 4.42 Å². The van der Waals surface area contributed by atoms with Crippen molar-refractivity contribution in [2.75, 3.05) is 0 Å². The van der Waals surface area contributed by atoms with Crippen LogP contribution in [0, 0.1) is 5.82 Å². The third kappa shape index (κ3) is 2.72. The number of hydrogen-bond donors (Lipinski definition) is 0. The highest BCUT2D eigenvalue weighted by molar-refractivity contribution is 5.66. The van der Waals surface area contributed by atoms with Crippen LogP contribution < -0.4 is 5.11 Å². The van der Waals surface area contributed by atoms with Crippen LogP contribution in [0.25, 0.3) is 0 Å². The zero-order chi connectivity index (χ0) is 12.3. The average molecular weight is 233 g/mol. The lowest BCUT2D eigenvalue weighted by molar-refractivity contribution is -0.306. The van der Waals surface area contributed by atoms with Crippen molar-refractivity contribution in [1.29, 1.82) is 0 Å². The van der Waals surface area contributed by atoms with Crippen molar-refractivity contribution < 1.29 is 18.7 Å². The van der Waals surface area contributed by atoms with Crippen molar-refractivity contribution in [1.82, 2.24) is 0 Å². The molecule has 0 N–H and O–H groups in total. The zero-order valence-electron chi connectivity index (χ0n) is 8.93. The number of carbonyl (C=O) groups excluding carboxylic acids is 1. The molecule has 2 aromatic rings. The van der Waals surface area contributed by atoms with Gasteiger partial charge in [-0.15, -0.1) is 0 Å². The summed E-state index contributed by atoms with van der Waals surface area (Å²) < 4.78 is 18.0. The zero-order valence-corrected chi connectivity index (χ0v) is 8.93. The highest BCUT2D eigenvalue weighted by Gasteiger charge is 2.17. The summed E-state index contributed by atoms with van der Waals surface area (Å²) in [4.78, 5) is 10.7. The number of carbonyl (C=O) groups is 1. The molecule has 0 bridgehead atoms. The monoisotopic (exact) mass is 233 g/mol. The number of halogens is 1. The second-order valence-corrected chi connectivity index (χ2v) is 3.70. The third-order valence-electron chi connectivity index (χ3n) is 2.53. The van der Waals surface area contributed by atoms with Crippen LogP contribution in [0.4, 0.5) is 4.39 Å². The fraction of sp³-hybridized carbons (Fsp3) is 0.154. The van der Waals surface area contributed by atoms with Gasteiger partial charge in [-0.05, 0) is 29.8 Å². The van der Waals surface area contributed by atoms with Crippen LogP contribution in [0.2, 0.25) is 0 Å². The van der Waals surface area contributed by atoms with E-state index in [1.54, 1.807) is 24.3 Å². The number of benzene rings is 1. The van der Waals surface area contributed by atoms with Gasteiger partial charge in [0.25, 0.3) is 0 Å². The van der Waals surface area contributed by atoms with Crippen LogP contribution in [-0.4, -0.2) is 5.97 Å². The van der Waals surface area contributed by atoms with E-state index in [1.807, 2.05) is 0 Å². The molecule has 0 spiro atoms. The largest absolute Gasteiger partial charge is 0.550 e. The van der Waals surface area contributed by atoms with Crippen LogP contribution in [0.15, 0.2) is 47.1 Å². The molecule has 1 atom stereocenters. The predicted molar refractivity (Wildman–Crippen MR) is 56.6 cm³/mol. The van der Waals surface area contributed by atoms with Gasteiger partial charge in [0.15, 0.2) is 0 Å². The Hall–Kier alpha value is -2.10. The van der Waals surface area contributed by atoms with Crippen molar-refractivity contribution in [2.24, 2.45) is 0 Å². The molecule has 1 unspecified atom stereocenters. The van der Waals surface area contributed by atoms with Crippen molar-refractivity contribution in [3.63, 3.8) is 0 Å². The van der Waals surface area contributed by atoms with E-state index in [9.17, 15) is 14.3 Å². The normalized spacial score (nSPS) is 12.3. The first-order valence-electron chi connectivity index (χ1n) is 5.15. The predicted octanol–water partition coefficient (Wildman–Crippen LogP) is 1.69. The van der Waals surface area contributed by atoms with E-state index in [2.05, 4.69) is 0 Å². The van der Waals surface area contributed by atoms with E-state index < -0.39 is 11.9 Å². The lowest BCUT2D eigenvalue weighted by Crippen LogP contribution is -2.24. The molecule has 0 fully saturated rings. The molecule has 1 aromatic heterocycles. The summed E-state index contributed by atoms with van der Waals surface area (Å²) in [5.41, 5.74) is 0.686. The maximum Gasteiger partial charge on any atom is 0.123 e. The maximum atomic E-state index is 12.8. The summed E-state index contributed by atoms with van der Waals surface area (Å²) in [6.45, 7) is 0. The Balaban J connectivity index is 2.33. The Bertz CT molecular complexity index is 488. The molecule has 1 heterocycles. The van der Waals surface area contributed by atoms with Crippen molar-refractivity contribution in [3.8, 4) is 0 Å². The summed E-state index contributed by atoms with van der Waals surface area (Å²) in [7, 11) is 0. The number of furan rings is 1.